The second-order valence-electron chi connectivity index (χ2n) is 5.12. The van der Waals surface area contributed by atoms with Crippen LogP contribution in [-0.4, -0.2) is 11.8 Å². The van der Waals surface area contributed by atoms with Gasteiger partial charge < -0.3 is 0 Å². The fourth-order valence-electron chi connectivity index (χ4n) is 2.13. The molecule has 0 radical (unpaired) electrons. The van der Waals surface area contributed by atoms with Crippen LogP contribution in [0.4, 0.5) is 4.79 Å². The number of benzene rings is 2. The Hall–Kier alpha value is -2.49. The smallest absolute Gasteiger partial charge is 0.281 e. The number of amides is 2. The third-order valence-electron chi connectivity index (χ3n) is 3.25. The summed E-state index contributed by atoms with van der Waals surface area (Å²) in [6.07, 6.45) is 1.00. The fraction of sp³-hybridized carbons (Fsp3) is 0.222. The molecule has 2 amide bonds. The SMILES string of the molecule is CCCSNC(=O)NNCc1ccc(-c2ccccc2)c(C#N)c1. The zero-order chi connectivity index (χ0) is 17.2. The van der Waals surface area contributed by atoms with E-state index in [-0.39, 0.29) is 6.03 Å². The highest BCUT2D eigenvalue weighted by molar-refractivity contribution is 7.97. The monoisotopic (exact) mass is 340 g/mol. The van der Waals surface area contributed by atoms with Crippen LogP contribution in [0.3, 0.4) is 0 Å². The molecule has 5 nitrogen and oxygen atoms in total. The Kier molecular flexibility index (Phi) is 7.15. The van der Waals surface area contributed by atoms with Gasteiger partial charge in [0, 0.05) is 12.3 Å². The van der Waals surface area contributed by atoms with Gasteiger partial charge in [-0.2, -0.15) is 5.26 Å². The molecule has 0 atom stereocenters. The Labute approximate surface area is 146 Å². The molecule has 0 aliphatic heterocycles. The van der Waals surface area contributed by atoms with E-state index in [2.05, 4.69) is 28.6 Å². The predicted molar refractivity (Wildman–Crippen MR) is 97.8 cm³/mol. The molecule has 0 bridgehead atoms. The molecule has 124 valence electrons. The number of urea groups is 1. The van der Waals surface area contributed by atoms with E-state index in [0.717, 1.165) is 28.9 Å². The van der Waals surface area contributed by atoms with Gasteiger partial charge in [0.2, 0.25) is 0 Å². The van der Waals surface area contributed by atoms with Crippen LogP contribution in [0.5, 0.6) is 0 Å². The summed E-state index contributed by atoms with van der Waals surface area (Å²) in [5, 5.41) is 9.39. The number of hydrogen-bond donors (Lipinski definition) is 3. The van der Waals surface area contributed by atoms with Crippen molar-refractivity contribution in [2.24, 2.45) is 0 Å². The van der Waals surface area contributed by atoms with Crippen LogP contribution in [0.2, 0.25) is 0 Å². The van der Waals surface area contributed by atoms with Gasteiger partial charge in [-0.25, -0.2) is 10.2 Å². The van der Waals surface area contributed by atoms with Gasteiger partial charge in [0.05, 0.1) is 11.6 Å². The van der Waals surface area contributed by atoms with Crippen molar-refractivity contribution >= 4 is 18.0 Å². The van der Waals surface area contributed by atoms with E-state index in [4.69, 9.17) is 0 Å². The van der Waals surface area contributed by atoms with Crippen molar-refractivity contribution in [3.05, 3.63) is 59.7 Å². The summed E-state index contributed by atoms with van der Waals surface area (Å²) < 4.78 is 2.67. The minimum atomic E-state index is -0.283. The normalized spacial score (nSPS) is 10.0. The molecule has 0 unspecified atom stereocenters. The number of rotatable bonds is 7. The fourth-order valence-corrected chi connectivity index (χ4v) is 2.62. The number of nitriles is 1. The van der Waals surface area contributed by atoms with Crippen LogP contribution in [0.1, 0.15) is 24.5 Å². The average Bonchev–Trinajstić information content (AvgIpc) is 2.62. The van der Waals surface area contributed by atoms with Gasteiger partial charge in [0.15, 0.2) is 0 Å². The molecule has 3 N–H and O–H groups in total. The van der Waals surface area contributed by atoms with Crippen molar-refractivity contribution < 1.29 is 4.79 Å². The van der Waals surface area contributed by atoms with Crippen LogP contribution < -0.4 is 15.6 Å². The van der Waals surface area contributed by atoms with Crippen molar-refractivity contribution in [1.29, 1.82) is 5.26 Å². The van der Waals surface area contributed by atoms with Crippen molar-refractivity contribution in [1.82, 2.24) is 15.6 Å². The lowest BCUT2D eigenvalue weighted by Crippen LogP contribution is -2.41. The number of carbonyl (C=O) groups is 1. The molecular formula is C18H20N4OS. The first-order valence-electron chi connectivity index (χ1n) is 7.73. The number of hydrazine groups is 1. The molecule has 2 aromatic rings. The van der Waals surface area contributed by atoms with Gasteiger partial charge in [0.1, 0.15) is 0 Å². The maximum Gasteiger partial charge on any atom is 0.339 e. The second kappa shape index (κ2) is 9.60. The molecule has 0 aliphatic rings. The maximum atomic E-state index is 11.5. The first-order chi connectivity index (χ1) is 11.7. The summed E-state index contributed by atoms with van der Waals surface area (Å²) in [6, 6.07) is 17.5. The van der Waals surface area contributed by atoms with Gasteiger partial charge in [0.25, 0.3) is 0 Å². The largest absolute Gasteiger partial charge is 0.339 e. The molecule has 6 heteroatoms. The Morgan fingerprint density at radius 3 is 2.71 bits per heavy atom. The van der Waals surface area contributed by atoms with Gasteiger partial charge >= 0.3 is 6.03 Å². The molecule has 0 heterocycles. The van der Waals surface area contributed by atoms with Crippen LogP contribution in [0.25, 0.3) is 11.1 Å². The van der Waals surface area contributed by atoms with Gasteiger partial charge in [-0.15, -0.1) is 0 Å². The topological polar surface area (TPSA) is 77.0 Å². The molecule has 0 fully saturated rings. The zero-order valence-electron chi connectivity index (χ0n) is 13.5. The van der Waals surface area contributed by atoms with Crippen LogP contribution in [-0.2, 0) is 6.54 Å². The molecule has 0 saturated carbocycles. The molecule has 24 heavy (non-hydrogen) atoms. The number of carbonyl (C=O) groups excluding carboxylic acids is 1. The van der Waals surface area contributed by atoms with Gasteiger partial charge in [-0.1, -0.05) is 49.4 Å². The van der Waals surface area contributed by atoms with Crippen LogP contribution in [0.15, 0.2) is 48.5 Å². The summed E-state index contributed by atoms with van der Waals surface area (Å²) >= 11 is 1.37. The highest BCUT2D eigenvalue weighted by Gasteiger charge is 2.06. The first-order valence-corrected chi connectivity index (χ1v) is 8.72. The third-order valence-corrected chi connectivity index (χ3v) is 4.20. The van der Waals surface area contributed by atoms with Crippen LogP contribution >= 0.6 is 11.9 Å². The molecule has 0 aliphatic carbocycles. The number of nitrogens with zero attached hydrogens (tertiary/aromatic N) is 1. The average molecular weight is 340 g/mol. The Morgan fingerprint density at radius 1 is 1.21 bits per heavy atom. The molecular weight excluding hydrogens is 320 g/mol. The maximum absolute atomic E-state index is 11.5. The van der Waals surface area contributed by atoms with Gasteiger partial charge in [-0.3, -0.25) is 10.1 Å². The van der Waals surface area contributed by atoms with Crippen molar-refractivity contribution in [2.75, 3.05) is 5.75 Å². The minimum Gasteiger partial charge on any atom is -0.281 e. The lowest BCUT2D eigenvalue weighted by molar-refractivity contribution is 0.242. The van der Waals surface area contributed by atoms with E-state index in [0.29, 0.717) is 12.1 Å². The van der Waals surface area contributed by atoms with E-state index in [1.54, 1.807) is 0 Å². The van der Waals surface area contributed by atoms with E-state index in [1.165, 1.54) is 11.9 Å². The molecule has 0 aromatic heterocycles. The Balaban J connectivity index is 1.93. The van der Waals surface area contributed by atoms with E-state index < -0.39 is 0 Å². The molecule has 2 aromatic carbocycles. The van der Waals surface area contributed by atoms with Crippen LogP contribution in [0, 0.1) is 11.3 Å². The number of hydrogen-bond acceptors (Lipinski definition) is 4. The summed E-state index contributed by atoms with van der Waals surface area (Å²) in [7, 11) is 0. The molecule has 0 saturated heterocycles. The summed E-state index contributed by atoms with van der Waals surface area (Å²) in [5.41, 5.74) is 8.88. The quantitative estimate of drug-likeness (QED) is 0.409. The highest BCUT2D eigenvalue weighted by Crippen LogP contribution is 2.24. The van der Waals surface area contributed by atoms with Crippen molar-refractivity contribution in [3.8, 4) is 17.2 Å². The van der Waals surface area contributed by atoms with Gasteiger partial charge in [-0.05, 0) is 41.1 Å². The first kappa shape index (κ1) is 17.9. The van der Waals surface area contributed by atoms with E-state index in [9.17, 15) is 10.1 Å². The zero-order valence-corrected chi connectivity index (χ0v) is 14.3. The lowest BCUT2D eigenvalue weighted by atomic mass is 9.98. The Morgan fingerprint density at radius 2 is 2.00 bits per heavy atom. The lowest BCUT2D eigenvalue weighted by Gasteiger charge is -2.10. The Bertz CT molecular complexity index is 713. The highest BCUT2D eigenvalue weighted by atomic mass is 32.2. The minimum absolute atomic E-state index is 0.283. The number of nitrogens with one attached hydrogen (secondary N) is 3. The van der Waals surface area contributed by atoms with Crippen molar-refractivity contribution in [2.45, 2.75) is 19.9 Å². The molecule has 2 rings (SSSR count). The second-order valence-corrected chi connectivity index (χ2v) is 6.02. The summed E-state index contributed by atoms with van der Waals surface area (Å²) in [6.45, 7) is 2.49. The standard InChI is InChI=1S/C18H20N4OS/c1-2-10-24-22-18(23)21-20-13-14-8-9-17(16(11-14)12-19)15-6-4-3-5-7-15/h3-9,11,20H,2,10,13H2,1H3,(H2,21,22,23). The predicted octanol–water partition coefficient (Wildman–Crippen LogP) is 3.59. The van der Waals surface area contributed by atoms with E-state index >= 15 is 0 Å². The van der Waals surface area contributed by atoms with Crippen molar-refractivity contribution in [3.63, 3.8) is 0 Å². The molecule has 0 spiro atoms. The summed E-state index contributed by atoms with van der Waals surface area (Å²) in [5.74, 6) is 0.875. The third kappa shape index (κ3) is 5.30. The summed E-state index contributed by atoms with van der Waals surface area (Å²) in [4.78, 5) is 11.5. The van der Waals surface area contributed by atoms with E-state index in [1.807, 2.05) is 48.5 Å².